The average molecular weight is 294 g/mol. The fourth-order valence-corrected chi connectivity index (χ4v) is 3.42. The highest BCUT2D eigenvalue weighted by Gasteiger charge is 2.28. The van der Waals surface area contributed by atoms with E-state index in [1.54, 1.807) is 0 Å². The lowest BCUT2D eigenvalue weighted by atomic mass is 9.81. The van der Waals surface area contributed by atoms with Gasteiger partial charge in [0.1, 0.15) is 11.5 Å². The second-order valence-corrected chi connectivity index (χ2v) is 6.68. The highest BCUT2D eigenvalue weighted by Crippen LogP contribution is 2.30. The minimum absolute atomic E-state index is 0.0686. The Morgan fingerprint density at radius 1 is 1.50 bits per heavy atom. The number of pyridine rings is 1. The number of aliphatic hydroxyl groups is 1. The Kier molecular flexibility index (Phi) is 4.76. The first-order valence-electron chi connectivity index (χ1n) is 6.60. The summed E-state index contributed by atoms with van der Waals surface area (Å²) in [4.78, 5) is 3.99. The normalized spacial score (nSPS) is 16.9. The van der Waals surface area contributed by atoms with Crippen LogP contribution in [0.2, 0.25) is 0 Å². The summed E-state index contributed by atoms with van der Waals surface area (Å²) in [6.45, 7) is 1.62. The van der Waals surface area contributed by atoms with E-state index in [4.69, 9.17) is 5.11 Å². The molecule has 5 nitrogen and oxygen atoms in total. The van der Waals surface area contributed by atoms with Crippen LogP contribution in [-0.2, 0) is 10.0 Å². The molecule has 2 N–H and O–H groups in total. The lowest BCUT2D eigenvalue weighted by Gasteiger charge is -2.31. The lowest BCUT2D eigenvalue weighted by Crippen LogP contribution is -2.40. The first-order chi connectivity index (χ1) is 9.53. The molecule has 0 aromatic carbocycles. The van der Waals surface area contributed by atoms with Gasteiger partial charge in [0.05, 0.1) is 0 Å². The zero-order valence-corrected chi connectivity index (χ0v) is 12.2. The van der Waals surface area contributed by atoms with Crippen LogP contribution in [-0.4, -0.2) is 31.2 Å². The Morgan fingerprint density at radius 2 is 2.25 bits per heavy atom. The maximum atomic E-state index is 12.3. The summed E-state index contributed by atoms with van der Waals surface area (Å²) in [5.41, 5.74) is 0.471. The monoisotopic (exact) mass is 294 g/mol. The van der Waals surface area contributed by atoms with Crippen LogP contribution in [0.1, 0.15) is 31.7 Å². The number of aromatic nitrogens is 1. The third-order valence-electron chi connectivity index (χ3n) is 3.53. The largest absolute Gasteiger partial charge is 0.384 e. The second-order valence-electron chi connectivity index (χ2n) is 4.97. The molecule has 1 aliphatic carbocycles. The van der Waals surface area contributed by atoms with E-state index in [9.17, 15) is 8.42 Å². The summed E-state index contributed by atoms with van der Waals surface area (Å²) in [5, 5.41) is 8.65. The molecule has 0 saturated heterocycles. The maximum Gasteiger partial charge on any atom is 0.242 e. The van der Waals surface area contributed by atoms with Crippen LogP contribution >= 0.6 is 0 Å². The number of aliphatic hydroxyl groups excluding tert-OH is 1. The Labute approximate surface area is 119 Å². The molecule has 0 aliphatic heterocycles. The number of rotatable bonds is 4. The number of hydrogen-bond donors (Lipinski definition) is 2. The Morgan fingerprint density at radius 3 is 2.85 bits per heavy atom. The molecule has 108 valence electrons. The van der Waals surface area contributed by atoms with Crippen molar-refractivity contribution in [3.8, 4) is 11.8 Å². The first kappa shape index (κ1) is 15.0. The van der Waals surface area contributed by atoms with Crippen molar-refractivity contribution < 1.29 is 13.5 Å². The molecule has 20 heavy (non-hydrogen) atoms. The van der Waals surface area contributed by atoms with Crippen molar-refractivity contribution in [2.45, 2.75) is 37.1 Å². The van der Waals surface area contributed by atoms with Crippen LogP contribution in [0.4, 0.5) is 0 Å². The molecule has 1 aliphatic rings. The molecule has 6 heteroatoms. The van der Waals surface area contributed by atoms with E-state index in [2.05, 4.69) is 21.5 Å². The van der Waals surface area contributed by atoms with E-state index >= 15 is 0 Å². The summed E-state index contributed by atoms with van der Waals surface area (Å²) >= 11 is 0. The SMILES string of the molecule is CC(NS(=O)(=O)c1cncc(C#CCO)c1)C1CCC1. The van der Waals surface area contributed by atoms with Gasteiger partial charge < -0.3 is 5.11 Å². The predicted octanol–water partition coefficient (Wildman–Crippen LogP) is 0.892. The number of nitrogens with one attached hydrogen (secondary N) is 1. The first-order valence-corrected chi connectivity index (χ1v) is 8.08. The van der Waals surface area contributed by atoms with Crippen LogP contribution in [0.5, 0.6) is 0 Å². The summed E-state index contributed by atoms with van der Waals surface area (Å²) in [7, 11) is -3.57. The van der Waals surface area contributed by atoms with Gasteiger partial charge >= 0.3 is 0 Å². The minimum Gasteiger partial charge on any atom is -0.384 e. The van der Waals surface area contributed by atoms with Gasteiger partial charge in [-0.1, -0.05) is 18.3 Å². The van der Waals surface area contributed by atoms with Gasteiger partial charge in [0.25, 0.3) is 0 Å². The second kappa shape index (κ2) is 6.35. The zero-order chi connectivity index (χ0) is 14.6. The molecule has 1 atom stereocenters. The molecule has 1 aromatic rings. The maximum absolute atomic E-state index is 12.3. The molecule has 1 unspecified atom stereocenters. The highest BCUT2D eigenvalue weighted by atomic mass is 32.2. The summed E-state index contributed by atoms with van der Waals surface area (Å²) in [6.07, 6.45) is 6.09. The van der Waals surface area contributed by atoms with Crippen LogP contribution < -0.4 is 4.72 Å². The van der Waals surface area contributed by atoms with Crippen molar-refractivity contribution >= 4 is 10.0 Å². The van der Waals surface area contributed by atoms with E-state index in [0.29, 0.717) is 11.5 Å². The molecule has 0 spiro atoms. The van der Waals surface area contributed by atoms with Gasteiger partial charge in [-0.25, -0.2) is 13.1 Å². The van der Waals surface area contributed by atoms with E-state index in [0.717, 1.165) is 12.8 Å². The quantitative estimate of drug-likeness (QED) is 0.808. The molecule has 1 saturated carbocycles. The Hall–Kier alpha value is -1.42. The smallest absolute Gasteiger partial charge is 0.242 e. The molecule has 1 heterocycles. The molecule has 0 amide bonds. The van der Waals surface area contributed by atoms with Gasteiger partial charge in [-0.3, -0.25) is 4.98 Å². The topological polar surface area (TPSA) is 79.3 Å². The third-order valence-corrected chi connectivity index (χ3v) is 5.06. The van der Waals surface area contributed by atoms with Crippen molar-refractivity contribution in [3.05, 3.63) is 24.0 Å². The van der Waals surface area contributed by atoms with Crippen molar-refractivity contribution in [2.24, 2.45) is 5.92 Å². The van der Waals surface area contributed by atoms with Crippen LogP contribution in [0.3, 0.4) is 0 Å². The van der Waals surface area contributed by atoms with Gasteiger partial charge in [-0.05, 0) is 31.7 Å². The van der Waals surface area contributed by atoms with Crippen LogP contribution in [0, 0.1) is 17.8 Å². The zero-order valence-electron chi connectivity index (χ0n) is 11.3. The molecular weight excluding hydrogens is 276 g/mol. The highest BCUT2D eigenvalue weighted by molar-refractivity contribution is 7.89. The average Bonchev–Trinajstić information content (AvgIpc) is 2.34. The van der Waals surface area contributed by atoms with Gasteiger partial charge in [-0.15, -0.1) is 0 Å². The van der Waals surface area contributed by atoms with Gasteiger partial charge in [0, 0.05) is 24.0 Å². The molecule has 1 fully saturated rings. The predicted molar refractivity (Wildman–Crippen MR) is 75.3 cm³/mol. The molecule has 0 bridgehead atoms. The van der Waals surface area contributed by atoms with Gasteiger partial charge in [0.15, 0.2) is 0 Å². The van der Waals surface area contributed by atoms with E-state index in [1.165, 1.54) is 24.9 Å². The summed E-state index contributed by atoms with van der Waals surface area (Å²) < 4.78 is 27.2. The van der Waals surface area contributed by atoms with Gasteiger partial charge in [0.2, 0.25) is 10.0 Å². The Bertz CT molecular complexity index is 627. The molecule has 1 aromatic heterocycles. The van der Waals surface area contributed by atoms with Crippen molar-refractivity contribution in [2.75, 3.05) is 6.61 Å². The van der Waals surface area contributed by atoms with E-state index < -0.39 is 10.0 Å². The van der Waals surface area contributed by atoms with Crippen LogP contribution in [0.25, 0.3) is 0 Å². The van der Waals surface area contributed by atoms with Crippen molar-refractivity contribution in [1.29, 1.82) is 0 Å². The number of nitrogens with zero attached hydrogens (tertiary/aromatic N) is 1. The van der Waals surface area contributed by atoms with Crippen LogP contribution in [0.15, 0.2) is 23.4 Å². The molecule has 0 radical (unpaired) electrons. The van der Waals surface area contributed by atoms with E-state index in [-0.39, 0.29) is 17.5 Å². The fourth-order valence-electron chi connectivity index (χ4n) is 2.12. The third kappa shape index (κ3) is 3.57. The van der Waals surface area contributed by atoms with Gasteiger partial charge in [-0.2, -0.15) is 0 Å². The fraction of sp³-hybridized carbons (Fsp3) is 0.500. The lowest BCUT2D eigenvalue weighted by molar-refractivity contribution is 0.260. The van der Waals surface area contributed by atoms with E-state index in [1.807, 2.05) is 6.92 Å². The Balaban J connectivity index is 2.16. The minimum atomic E-state index is -3.57. The molecular formula is C14H18N2O3S. The number of sulfonamides is 1. The summed E-state index contributed by atoms with van der Waals surface area (Å²) in [6, 6.07) is 1.40. The van der Waals surface area contributed by atoms with Crippen molar-refractivity contribution in [3.63, 3.8) is 0 Å². The molecule has 2 rings (SSSR count). The summed E-state index contributed by atoms with van der Waals surface area (Å²) in [5.74, 6) is 5.55. The van der Waals surface area contributed by atoms with Crippen molar-refractivity contribution in [1.82, 2.24) is 9.71 Å². The standard InChI is InChI=1S/C14H18N2O3S/c1-11(13-5-2-6-13)16-20(18,19)14-8-12(4-3-7-17)9-15-10-14/h8-11,13,16-17H,2,5-7H2,1H3. The number of hydrogen-bond acceptors (Lipinski definition) is 4.